The molecule has 106 valence electrons. The zero-order valence-electron chi connectivity index (χ0n) is 11.6. The van der Waals surface area contributed by atoms with Crippen LogP contribution < -0.4 is 10.6 Å². The van der Waals surface area contributed by atoms with E-state index in [0.29, 0.717) is 13.1 Å². The van der Waals surface area contributed by atoms with Crippen molar-refractivity contribution in [2.45, 2.75) is 18.9 Å². The van der Waals surface area contributed by atoms with Crippen LogP contribution in [0.25, 0.3) is 0 Å². The highest BCUT2D eigenvalue weighted by atomic mass is 16.5. The van der Waals surface area contributed by atoms with Crippen molar-refractivity contribution < 1.29 is 9.53 Å². The molecule has 1 atom stereocenters. The Hall–Kier alpha value is -1.58. The first-order chi connectivity index (χ1) is 9.13. The lowest BCUT2D eigenvalue weighted by Gasteiger charge is -2.11. The van der Waals surface area contributed by atoms with Crippen molar-refractivity contribution in [2.24, 2.45) is 0 Å². The minimum atomic E-state index is -0.352. The molecule has 0 aromatic heterocycles. The fraction of sp³-hybridized carbons (Fsp3) is 0.692. The van der Waals surface area contributed by atoms with Gasteiger partial charge in [-0.3, -0.25) is 4.79 Å². The van der Waals surface area contributed by atoms with Crippen LogP contribution in [0.3, 0.4) is 0 Å². The number of ether oxygens (including phenoxy) is 1. The molecular weight excluding hydrogens is 244 g/mol. The van der Waals surface area contributed by atoms with Crippen LogP contribution in [0.5, 0.6) is 0 Å². The van der Waals surface area contributed by atoms with Gasteiger partial charge < -0.3 is 20.3 Å². The second-order valence-electron chi connectivity index (χ2n) is 4.77. The van der Waals surface area contributed by atoms with E-state index in [2.05, 4.69) is 10.6 Å². The molecule has 1 heterocycles. The van der Waals surface area contributed by atoms with Crippen LogP contribution in [-0.4, -0.2) is 57.2 Å². The van der Waals surface area contributed by atoms with Gasteiger partial charge in [-0.1, -0.05) is 0 Å². The Labute approximate surface area is 114 Å². The summed E-state index contributed by atoms with van der Waals surface area (Å²) >= 11 is 0. The van der Waals surface area contributed by atoms with Crippen molar-refractivity contribution in [2.75, 3.05) is 40.3 Å². The Kier molecular flexibility index (Phi) is 6.93. The van der Waals surface area contributed by atoms with Gasteiger partial charge in [0.05, 0.1) is 6.10 Å². The van der Waals surface area contributed by atoms with E-state index in [-0.39, 0.29) is 17.6 Å². The summed E-state index contributed by atoms with van der Waals surface area (Å²) in [6.45, 7) is 2.76. The quantitative estimate of drug-likeness (QED) is 0.380. The molecule has 6 heteroatoms. The lowest BCUT2D eigenvalue weighted by atomic mass is 10.2. The van der Waals surface area contributed by atoms with Crippen LogP contribution in [0.2, 0.25) is 0 Å². The Morgan fingerprint density at radius 3 is 2.95 bits per heavy atom. The maximum Gasteiger partial charge on any atom is 0.263 e. The monoisotopic (exact) mass is 266 g/mol. The highest BCUT2D eigenvalue weighted by Crippen LogP contribution is 2.10. The maximum atomic E-state index is 11.8. The lowest BCUT2D eigenvalue weighted by Crippen LogP contribution is -2.33. The first-order valence-corrected chi connectivity index (χ1v) is 6.51. The number of nitrogens with zero attached hydrogens (tertiary/aromatic N) is 2. The van der Waals surface area contributed by atoms with Gasteiger partial charge in [0.25, 0.3) is 5.91 Å². The largest absolute Gasteiger partial charge is 0.388 e. The van der Waals surface area contributed by atoms with Gasteiger partial charge in [-0.25, -0.2) is 0 Å². The molecule has 0 aromatic carbocycles. The predicted molar refractivity (Wildman–Crippen MR) is 72.2 cm³/mol. The normalized spacial score (nSPS) is 19.3. The highest BCUT2D eigenvalue weighted by molar-refractivity contribution is 5.97. The van der Waals surface area contributed by atoms with Crippen molar-refractivity contribution >= 4 is 5.91 Å². The molecular formula is C13H22N4O2. The van der Waals surface area contributed by atoms with Gasteiger partial charge in [-0.2, -0.15) is 5.26 Å². The third kappa shape index (κ3) is 6.22. The van der Waals surface area contributed by atoms with E-state index in [0.717, 1.165) is 26.0 Å². The molecule has 2 N–H and O–H groups in total. The average molecular weight is 266 g/mol. The predicted octanol–water partition coefficient (Wildman–Crippen LogP) is -0.160. The fourth-order valence-electron chi connectivity index (χ4n) is 1.72. The van der Waals surface area contributed by atoms with Gasteiger partial charge in [0.2, 0.25) is 0 Å². The zero-order valence-corrected chi connectivity index (χ0v) is 11.6. The number of carbonyl (C=O) groups excluding carboxylic acids is 1. The third-order valence-corrected chi connectivity index (χ3v) is 2.83. The van der Waals surface area contributed by atoms with E-state index in [1.165, 1.54) is 6.20 Å². The molecule has 1 fully saturated rings. The van der Waals surface area contributed by atoms with Crippen molar-refractivity contribution in [1.29, 1.82) is 5.26 Å². The number of nitrogens with one attached hydrogen (secondary N) is 2. The minimum absolute atomic E-state index is 0.0885. The number of hydrogen-bond acceptors (Lipinski definition) is 5. The Morgan fingerprint density at radius 2 is 2.37 bits per heavy atom. The first-order valence-electron chi connectivity index (χ1n) is 6.51. The van der Waals surface area contributed by atoms with E-state index in [4.69, 9.17) is 10.00 Å². The summed E-state index contributed by atoms with van der Waals surface area (Å²) in [5, 5.41) is 14.6. The van der Waals surface area contributed by atoms with Crippen LogP contribution in [0.1, 0.15) is 12.8 Å². The third-order valence-electron chi connectivity index (χ3n) is 2.83. The smallest absolute Gasteiger partial charge is 0.263 e. The number of carbonyl (C=O) groups is 1. The summed E-state index contributed by atoms with van der Waals surface area (Å²) in [5.74, 6) is -0.352. The minimum Gasteiger partial charge on any atom is -0.388 e. The van der Waals surface area contributed by atoms with E-state index in [1.807, 2.05) is 25.1 Å². The number of amides is 1. The van der Waals surface area contributed by atoms with Crippen LogP contribution in [0.15, 0.2) is 11.8 Å². The molecule has 6 nitrogen and oxygen atoms in total. The van der Waals surface area contributed by atoms with E-state index in [9.17, 15) is 4.79 Å². The summed E-state index contributed by atoms with van der Waals surface area (Å²) in [5.41, 5.74) is 0.0942. The standard InChI is InChI=1S/C13H22N4O2/c1-17(2)6-5-15-9-11(8-14)13(18)16-10-12-4-3-7-19-12/h9,12,15H,3-7,10H2,1-2H3,(H,16,18)/b11-9-. The van der Waals surface area contributed by atoms with Crippen molar-refractivity contribution in [3.63, 3.8) is 0 Å². The van der Waals surface area contributed by atoms with Crippen LogP contribution in [0, 0.1) is 11.3 Å². The average Bonchev–Trinajstić information content (AvgIpc) is 2.89. The van der Waals surface area contributed by atoms with Crippen LogP contribution in [-0.2, 0) is 9.53 Å². The van der Waals surface area contributed by atoms with E-state index in [1.54, 1.807) is 0 Å². The Morgan fingerprint density at radius 1 is 1.58 bits per heavy atom. The van der Waals surface area contributed by atoms with Crippen LogP contribution in [0.4, 0.5) is 0 Å². The van der Waals surface area contributed by atoms with E-state index < -0.39 is 0 Å². The first kappa shape index (κ1) is 15.5. The van der Waals surface area contributed by atoms with Gasteiger partial charge in [-0.15, -0.1) is 0 Å². The lowest BCUT2D eigenvalue weighted by molar-refractivity contribution is -0.117. The van der Waals surface area contributed by atoms with Gasteiger partial charge in [0, 0.05) is 32.4 Å². The molecule has 0 radical (unpaired) electrons. The fourth-order valence-corrected chi connectivity index (χ4v) is 1.72. The maximum absolute atomic E-state index is 11.8. The topological polar surface area (TPSA) is 77.4 Å². The van der Waals surface area contributed by atoms with Gasteiger partial charge >= 0.3 is 0 Å². The molecule has 19 heavy (non-hydrogen) atoms. The molecule has 1 rings (SSSR count). The number of likely N-dealkylation sites (N-methyl/N-ethyl adjacent to an activating group) is 1. The number of hydrogen-bond donors (Lipinski definition) is 2. The molecule has 1 unspecified atom stereocenters. The van der Waals surface area contributed by atoms with Gasteiger partial charge in [0.1, 0.15) is 11.6 Å². The summed E-state index contributed by atoms with van der Waals surface area (Å²) in [6.07, 6.45) is 3.56. The van der Waals surface area contributed by atoms with Gasteiger partial charge in [-0.05, 0) is 26.9 Å². The molecule has 0 aliphatic carbocycles. The summed E-state index contributed by atoms with van der Waals surface area (Å²) < 4.78 is 5.40. The van der Waals surface area contributed by atoms with Gasteiger partial charge in [0.15, 0.2) is 0 Å². The molecule has 0 bridgehead atoms. The highest BCUT2D eigenvalue weighted by Gasteiger charge is 2.17. The Balaban J connectivity index is 2.29. The second-order valence-corrected chi connectivity index (χ2v) is 4.77. The van der Waals surface area contributed by atoms with Crippen molar-refractivity contribution in [1.82, 2.24) is 15.5 Å². The summed E-state index contributed by atoms with van der Waals surface area (Å²) in [4.78, 5) is 13.8. The molecule has 1 aliphatic rings. The number of nitriles is 1. The van der Waals surface area contributed by atoms with Crippen molar-refractivity contribution in [3.05, 3.63) is 11.8 Å². The molecule has 1 amide bonds. The molecule has 1 saturated heterocycles. The summed E-state index contributed by atoms with van der Waals surface area (Å²) in [6, 6.07) is 1.90. The van der Waals surface area contributed by atoms with Crippen LogP contribution >= 0.6 is 0 Å². The van der Waals surface area contributed by atoms with E-state index >= 15 is 0 Å². The number of rotatable bonds is 7. The molecule has 0 aromatic rings. The van der Waals surface area contributed by atoms with Crippen molar-refractivity contribution in [3.8, 4) is 6.07 Å². The second kappa shape index (κ2) is 8.51. The molecule has 0 spiro atoms. The molecule has 1 aliphatic heterocycles. The molecule has 0 saturated carbocycles. The Bertz CT molecular complexity index is 354. The SMILES string of the molecule is CN(C)CCN/C=C(/C#N)C(=O)NCC1CCCO1. The zero-order chi connectivity index (χ0) is 14.1. The summed E-state index contributed by atoms with van der Waals surface area (Å²) in [7, 11) is 3.93.